The third-order valence-electron chi connectivity index (χ3n) is 4.98. The minimum atomic E-state index is -3.80. The van der Waals surface area contributed by atoms with Crippen LogP contribution in [0, 0.1) is 0 Å². The Morgan fingerprint density at radius 1 is 1.32 bits per heavy atom. The first-order valence-electron chi connectivity index (χ1n) is 10.2. The summed E-state index contributed by atoms with van der Waals surface area (Å²) in [4.78, 5) is 10.6. The number of alkyl halides is 2. The van der Waals surface area contributed by atoms with Crippen LogP contribution in [0.1, 0.15) is 24.2 Å². The Balaban J connectivity index is 1.55. The van der Waals surface area contributed by atoms with Crippen LogP contribution < -0.4 is 4.31 Å². The van der Waals surface area contributed by atoms with Crippen LogP contribution in [0.4, 0.5) is 14.5 Å². The zero-order valence-corrected chi connectivity index (χ0v) is 20.4. The fraction of sp³-hybridized carbons (Fsp3) is 0.474. The maximum absolute atomic E-state index is 13.4. The highest BCUT2D eigenvalue weighted by atomic mass is 35.5. The second-order valence-electron chi connectivity index (χ2n) is 7.53. The Labute approximate surface area is 203 Å². The molecule has 3 aromatic heterocycles. The van der Waals surface area contributed by atoms with Gasteiger partial charge in [0.1, 0.15) is 9.88 Å². The average Bonchev–Trinajstić information content (AvgIpc) is 3.46. The van der Waals surface area contributed by atoms with Gasteiger partial charge in [-0.3, -0.25) is 14.2 Å². The average molecular weight is 535 g/mol. The second-order valence-corrected chi connectivity index (χ2v) is 11.1. The van der Waals surface area contributed by atoms with E-state index in [4.69, 9.17) is 20.8 Å². The van der Waals surface area contributed by atoms with Crippen molar-refractivity contribution in [3.63, 3.8) is 0 Å². The highest BCUT2D eigenvalue weighted by Gasteiger charge is 2.27. The molecular formula is C19H21ClF2N6O4S2. The van der Waals surface area contributed by atoms with E-state index in [1.165, 1.54) is 29.0 Å². The first-order valence-corrected chi connectivity index (χ1v) is 13.0. The van der Waals surface area contributed by atoms with Crippen molar-refractivity contribution in [1.82, 2.24) is 25.1 Å². The second kappa shape index (κ2) is 10.6. The number of hydrogen-bond donors (Lipinski definition) is 0. The molecule has 0 bridgehead atoms. The monoisotopic (exact) mass is 534 g/mol. The Kier molecular flexibility index (Phi) is 7.72. The van der Waals surface area contributed by atoms with E-state index in [9.17, 15) is 17.2 Å². The number of thiazole rings is 1. The Hall–Kier alpha value is -2.26. The van der Waals surface area contributed by atoms with Crippen LogP contribution in [-0.4, -0.2) is 71.6 Å². The molecule has 4 heterocycles. The summed E-state index contributed by atoms with van der Waals surface area (Å²) in [5.74, 6) is -1.04. The van der Waals surface area contributed by atoms with Gasteiger partial charge in [0, 0.05) is 25.8 Å². The summed E-state index contributed by atoms with van der Waals surface area (Å²) in [6.45, 7) is 4.02. The maximum Gasteiger partial charge on any atom is 0.314 e. The topological polar surface area (TPSA) is 115 Å². The van der Waals surface area contributed by atoms with Gasteiger partial charge in [-0.05, 0) is 13.0 Å². The third kappa shape index (κ3) is 6.05. The highest BCUT2D eigenvalue weighted by Crippen LogP contribution is 2.30. The van der Waals surface area contributed by atoms with E-state index in [0.717, 1.165) is 11.3 Å². The normalized spacial score (nSPS) is 17.4. The number of hydrogen-bond acceptors (Lipinski definition) is 10. The van der Waals surface area contributed by atoms with Gasteiger partial charge >= 0.3 is 6.43 Å². The first-order chi connectivity index (χ1) is 16.2. The number of aromatic nitrogens is 4. The molecule has 1 fully saturated rings. The molecule has 0 spiro atoms. The molecule has 0 N–H and O–H groups in total. The lowest BCUT2D eigenvalue weighted by molar-refractivity contribution is -0.0160. The lowest BCUT2D eigenvalue weighted by Gasteiger charge is -2.32. The number of anilines is 1. The van der Waals surface area contributed by atoms with Crippen LogP contribution in [0.25, 0.3) is 10.8 Å². The van der Waals surface area contributed by atoms with Crippen molar-refractivity contribution in [2.75, 3.05) is 36.3 Å². The summed E-state index contributed by atoms with van der Waals surface area (Å²) in [5, 5.41) is 7.59. The van der Waals surface area contributed by atoms with Gasteiger partial charge in [-0.1, -0.05) is 11.6 Å². The van der Waals surface area contributed by atoms with Crippen molar-refractivity contribution in [2.45, 2.75) is 26.0 Å². The molecule has 1 atom stereocenters. The molecule has 0 saturated carbocycles. The van der Waals surface area contributed by atoms with Gasteiger partial charge in [-0.15, -0.1) is 21.5 Å². The predicted octanol–water partition coefficient (Wildman–Crippen LogP) is 3.24. The summed E-state index contributed by atoms with van der Waals surface area (Å²) in [6.07, 6.45) is 1.33. The van der Waals surface area contributed by atoms with Gasteiger partial charge < -0.3 is 9.15 Å². The largest absolute Gasteiger partial charge is 0.414 e. The summed E-state index contributed by atoms with van der Waals surface area (Å²) >= 11 is 7.12. The van der Waals surface area contributed by atoms with E-state index >= 15 is 0 Å². The Morgan fingerprint density at radius 3 is 2.85 bits per heavy atom. The molecular weight excluding hydrogens is 514 g/mol. The molecule has 0 aromatic carbocycles. The minimum Gasteiger partial charge on any atom is -0.414 e. The number of pyridine rings is 1. The van der Waals surface area contributed by atoms with E-state index in [1.807, 2.05) is 11.8 Å². The molecule has 34 heavy (non-hydrogen) atoms. The van der Waals surface area contributed by atoms with Crippen molar-refractivity contribution in [1.29, 1.82) is 0 Å². The van der Waals surface area contributed by atoms with Gasteiger partial charge in [-0.25, -0.2) is 13.4 Å². The third-order valence-corrected chi connectivity index (χ3v) is 7.86. The Morgan fingerprint density at radius 2 is 2.15 bits per heavy atom. The van der Waals surface area contributed by atoms with E-state index < -0.39 is 22.3 Å². The van der Waals surface area contributed by atoms with Crippen LogP contribution in [0.5, 0.6) is 0 Å². The fourth-order valence-electron chi connectivity index (χ4n) is 3.36. The van der Waals surface area contributed by atoms with Crippen molar-refractivity contribution >= 4 is 38.6 Å². The molecule has 1 aliphatic rings. The molecule has 0 unspecified atom stereocenters. The van der Waals surface area contributed by atoms with Crippen molar-refractivity contribution in [3.05, 3.63) is 40.6 Å². The molecule has 0 radical (unpaired) electrons. The number of nitrogens with zero attached hydrogens (tertiary/aromatic N) is 6. The van der Waals surface area contributed by atoms with Crippen LogP contribution in [0.3, 0.4) is 0 Å². The number of morpholine rings is 1. The van der Waals surface area contributed by atoms with Crippen molar-refractivity contribution in [2.24, 2.45) is 0 Å². The molecule has 184 valence electrons. The van der Waals surface area contributed by atoms with Gasteiger partial charge in [0.05, 0.1) is 48.1 Å². The lowest BCUT2D eigenvalue weighted by atomic mass is 10.3. The minimum absolute atomic E-state index is 0.0358. The van der Waals surface area contributed by atoms with E-state index in [-0.39, 0.29) is 35.0 Å². The fourth-order valence-corrected chi connectivity index (χ4v) is 5.89. The molecule has 1 aliphatic heterocycles. The van der Waals surface area contributed by atoms with E-state index in [0.29, 0.717) is 36.1 Å². The molecule has 3 aromatic rings. The predicted molar refractivity (Wildman–Crippen MR) is 121 cm³/mol. The summed E-state index contributed by atoms with van der Waals surface area (Å²) in [7, 11) is -3.80. The number of rotatable bonds is 9. The van der Waals surface area contributed by atoms with Crippen LogP contribution in [-0.2, 0) is 21.3 Å². The van der Waals surface area contributed by atoms with E-state index in [2.05, 4.69) is 20.2 Å². The summed E-state index contributed by atoms with van der Waals surface area (Å²) < 4.78 is 63.9. The number of ether oxygens (including phenoxy) is 1. The highest BCUT2D eigenvalue weighted by molar-refractivity contribution is 7.92. The Bertz CT molecular complexity index is 1220. The molecule has 1 saturated heterocycles. The zero-order chi connectivity index (χ0) is 24.3. The van der Waals surface area contributed by atoms with Crippen LogP contribution >= 0.6 is 22.9 Å². The van der Waals surface area contributed by atoms with Gasteiger partial charge in [0.2, 0.25) is 10.0 Å². The molecule has 15 heteroatoms. The van der Waals surface area contributed by atoms with Crippen LogP contribution in [0.15, 0.2) is 29.1 Å². The van der Waals surface area contributed by atoms with E-state index in [1.54, 1.807) is 0 Å². The smallest absolute Gasteiger partial charge is 0.314 e. The number of sulfonamides is 1. The zero-order valence-electron chi connectivity index (χ0n) is 18.0. The summed E-state index contributed by atoms with van der Waals surface area (Å²) in [5.41, 5.74) is 0.289. The first kappa shape index (κ1) is 24.9. The van der Waals surface area contributed by atoms with Crippen molar-refractivity contribution in [3.8, 4) is 10.8 Å². The molecule has 0 aliphatic carbocycles. The lowest BCUT2D eigenvalue weighted by Crippen LogP contribution is -2.44. The van der Waals surface area contributed by atoms with Gasteiger partial charge in [0.25, 0.3) is 11.8 Å². The van der Waals surface area contributed by atoms with Crippen molar-refractivity contribution < 1.29 is 26.4 Å². The summed E-state index contributed by atoms with van der Waals surface area (Å²) in [6, 6.07) is 1.50. The maximum atomic E-state index is 13.4. The SMILES string of the molecule is C[C@H]1CN(CCS(=O)(=O)N(Cc2ncc(-c3nnc(C(F)F)o3)s2)c2cncc(Cl)c2)CCO1. The number of halogens is 3. The van der Waals surface area contributed by atoms with Gasteiger partial charge in [-0.2, -0.15) is 8.78 Å². The standard InChI is InChI=1S/C19H21ClF2N6O4S2/c1-12-10-27(2-4-31-12)3-5-34(29,30)28(14-6-13(20)7-23-8-14)11-16-24-9-15(33-16)18-25-26-19(32-18)17(21)22/h6-9,12,17H,2-5,10-11H2,1H3/t12-/m0/s1. The molecule has 4 rings (SSSR count). The molecule has 10 nitrogen and oxygen atoms in total. The quantitative estimate of drug-likeness (QED) is 0.408. The van der Waals surface area contributed by atoms with Gasteiger partial charge in [0.15, 0.2) is 0 Å². The van der Waals surface area contributed by atoms with Crippen LogP contribution in [0.2, 0.25) is 5.02 Å². The molecule has 0 amide bonds.